The predicted molar refractivity (Wildman–Crippen MR) is 138 cm³/mol. The maximum absolute atomic E-state index is 14.6. The summed E-state index contributed by atoms with van der Waals surface area (Å²) in [5, 5.41) is 15.8. The van der Waals surface area contributed by atoms with Gasteiger partial charge in [0.1, 0.15) is 18.2 Å². The SMILES string of the molecule is CC(C)CC(=O)NC(C)C(=O)N(C(=O)C(NC(=O)CC(C)C)C(C)C)C(CC(C)C)C(O)C(F)(F)CN. The average molecular weight is 535 g/mol. The number of carbonyl (C=O) groups is 4. The number of alkyl halides is 2. The summed E-state index contributed by atoms with van der Waals surface area (Å²) in [6, 6.07) is -4.11. The van der Waals surface area contributed by atoms with E-state index < -0.39 is 66.2 Å². The summed E-state index contributed by atoms with van der Waals surface area (Å²) in [7, 11) is 0. The molecule has 0 aliphatic carbocycles. The number of aliphatic hydroxyl groups excluding tert-OH is 1. The van der Waals surface area contributed by atoms with Gasteiger partial charge in [-0.15, -0.1) is 0 Å². The Hall–Kier alpha value is -2.14. The van der Waals surface area contributed by atoms with Crippen LogP contribution in [0, 0.1) is 23.7 Å². The van der Waals surface area contributed by atoms with Crippen LogP contribution in [0.25, 0.3) is 0 Å². The molecule has 4 unspecified atom stereocenters. The Balaban J connectivity index is 6.61. The third kappa shape index (κ3) is 11.4. The van der Waals surface area contributed by atoms with E-state index in [1.807, 2.05) is 27.7 Å². The average Bonchev–Trinajstić information content (AvgIpc) is 2.74. The zero-order valence-corrected chi connectivity index (χ0v) is 23.8. The number of amides is 4. The van der Waals surface area contributed by atoms with Crippen LogP contribution in [0.4, 0.5) is 8.78 Å². The second-order valence-corrected chi connectivity index (χ2v) is 11.4. The molecule has 0 saturated heterocycles. The van der Waals surface area contributed by atoms with Crippen LogP contribution < -0.4 is 16.4 Å². The van der Waals surface area contributed by atoms with Crippen molar-refractivity contribution in [2.75, 3.05) is 6.54 Å². The number of imide groups is 1. The van der Waals surface area contributed by atoms with E-state index in [0.717, 1.165) is 0 Å². The number of nitrogens with zero attached hydrogens (tertiary/aromatic N) is 1. The fraction of sp³-hybridized carbons (Fsp3) is 0.846. The van der Waals surface area contributed by atoms with Gasteiger partial charge in [-0.1, -0.05) is 55.4 Å². The molecule has 5 N–H and O–H groups in total. The van der Waals surface area contributed by atoms with E-state index in [4.69, 9.17) is 5.73 Å². The summed E-state index contributed by atoms with van der Waals surface area (Å²) in [5.74, 6) is -7.36. The molecule has 0 fully saturated rings. The van der Waals surface area contributed by atoms with Crippen molar-refractivity contribution in [1.29, 1.82) is 0 Å². The molecule has 0 heterocycles. The molecule has 0 aromatic carbocycles. The van der Waals surface area contributed by atoms with Crippen molar-refractivity contribution in [2.45, 2.75) is 112 Å². The largest absolute Gasteiger partial charge is 0.385 e. The summed E-state index contributed by atoms with van der Waals surface area (Å²) in [5.41, 5.74) is 5.21. The molecule has 37 heavy (non-hydrogen) atoms. The highest BCUT2D eigenvalue weighted by atomic mass is 19.3. The molecule has 9 nitrogen and oxygen atoms in total. The molecule has 216 valence electrons. The van der Waals surface area contributed by atoms with Gasteiger partial charge in [-0.2, -0.15) is 0 Å². The van der Waals surface area contributed by atoms with Gasteiger partial charge in [0.25, 0.3) is 17.7 Å². The van der Waals surface area contributed by atoms with Crippen molar-refractivity contribution >= 4 is 23.6 Å². The van der Waals surface area contributed by atoms with Crippen LogP contribution in [-0.2, 0) is 19.2 Å². The second-order valence-electron chi connectivity index (χ2n) is 11.4. The van der Waals surface area contributed by atoms with Gasteiger partial charge in [-0.05, 0) is 37.0 Å². The number of hydrogen-bond donors (Lipinski definition) is 4. The zero-order chi connectivity index (χ0) is 29.2. The van der Waals surface area contributed by atoms with Crippen LogP contribution in [0.15, 0.2) is 0 Å². The maximum atomic E-state index is 14.6. The van der Waals surface area contributed by atoms with E-state index in [2.05, 4.69) is 10.6 Å². The molecule has 0 aromatic heterocycles. The van der Waals surface area contributed by atoms with E-state index in [1.54, 1.807) is 27.7 Å². The smallest absolute Gasteiger partial charge is 0.287 e. The number of rotatable bonds is 15. The molecule has 0 saturated carbocycles. The van der Waals surface area contributed by atoms with Gasteiger partial charge in [-0.3, -0.25) is 24.1 Å². The van der Waals surface area contributed by atoms with Crippen molar-refractivity contribution in [3.05, 3.63) is 0 Å². The highest BCUT2D eigenvalue weighted by Crippen LogP contribution is 2.28. The fourth-order valence-corrected chi connectivity index (χ4v) is 3.90. The summed E-state index contributed by atoms with van der Waals surface area (Å²) in [6.45, 7) is 14.1. The van der Waals surface area contributed by atoms with Gasteiger partial charge >= 0.3 is 0 Å². The quantitative estimate of drug-likeness (QED) is 0.254. The minimum Gasteiger partial charge on any atom is -0.385 e. The first-order valence-electron chi connectivity index (χ1n) is 13.1. The van der Waals surface area contributed by atoms with E-state index >= 15 is 0 Å². The first-order chi connectivity index (χ1) is 16.8. The van der Waals surface area contributed by atoms with E-state index in [-0.39, 0.29) is 37.0 Å². The summed E-state index contributed by atoms with van der Waals surface area (Å²) in [4.78, 5) is 52.9. The predicted octanol–water partition coefficient (Wildman–Crippen LogP) is 2.45. The lowest BCUT2D eigenvalue weighted by Gasteiger charge is -2.40. The Morgan fingerprint density at radius 2 is 1.27 bits per heavy atom. The Labute approximate surface area is 220 Å². The van der Waals surface area contributed by atoms with Gasteiger partial charge in [0.15, 0.2) is 0 Å². The maximum Gasteiger partial charge on any atom is 0.287 e. The van der Waals surface area contributed by atoms with Crippen molar-refractivity contribution in [1.82, 2.24) is 15.5 Å². The van der Waals surface area contributed by atoms with Crippen LogP contribution in [0.1, 0.15) is 81.6 Å². The van der Waals surface area contributed by atoms with Crippen molar-refractivity contribution < 1.29 is 33.1 Å². The molecule has 0 aliphatic heterocycles. The Morgan fingerprint density at radius 1 is 0.811 bits per heavy atom. The van der Waals surface area contributed by atoms with Crippen molar-refractivity contribution in [3.8, 4) is 0 Å². The number of carbonyl (C=O) groups excluding carboxylic acids is 4. The Morgan fingerprint density at radius 3 is 1.65 bits per heavy atom. The van der Waals surface area contributed by atoms with Crippen LogP contribution in [0.3, 0.4) is 0 Å². The molecule has 0 aliphatic rings. The van der Waals surface area contributed by atoms with Gasteiger partial charge in [0.2, 0.25) is 11.8 Å². The second kappa shape index (κ2) is 15.3. The lowest BCUT2D eigenvalue weighted by atomic mass is 9.91. The normalized spacial score (nSPS) is 15.5. The third-order valence-corrected chi connectivity index (χ3v) is 5.77. The number of nitrogens with two attached hydrogens (primary N) is 1. The molecular formula is C26H48F2N4O5. The molecule has 0 rings (SSSR count). The Kier molecular flexibility index (Phi) is 14.4. The zero-order valence-electron chi connectivity index (χ0n) is 23.8. The van der Waals surface area contributed by atoms with Crippen molar-refractivity contribution in [3.63, 3.8) is 0 Å². The van der Waals surface area contributed by atoms with E-state index in [0.29, 0.717) is 4.90 Å². The monoisotopic (exact) mass is 534 g/mol. The number of nitrogens with one attached hydrogen (secondary N) is 2. The highest BCUT2D eigenvalue weighted by molar-refractivity contribution is 6.02. The van der Waals surface area contributed by atoms with E-state index in [9.17, 15) is 33.1 Å². The molecule has 0 bridgehead atoms. The van der Waals surface area contributed by atoms with Crippen LogP contribution in [0.2, 0.25) is 0 Å². The molecule has 0 aromatic rings. The molecule has 4 atom stereocenters. The van der Waals surface area contributed by atoms with Gasteiger partial charge < -0.3 is 21.5 Å². The minimum absolute atomic E-state index is 0.000265. The van der Waals surface area contributed by atoms with Gasteiger partial charge in [-0.25, -0.2) is 8.78 Å². The Bertz CT molecular complexity index is 774. The number of halogens is 2. The molecule has 11 heteroatoms. The third-order valence-electron chi connectivity index (χ3n) is 5.77. The molecule has 4 amide bonds. The minimum atomic E-state index is -3.79. The van der Waals surface area contributed by atoms with Gasteiger partial charge in [0.05, 0.1) is 12.6 Å². The molecule has 0 radical (unpaired) electrons. The number of aliphatic hydroxyl groups is 1. The lowest BCUT2D eigenvalue weighted by Crippen LogP contribution is -2.64. The lowest BCUT2D eigenvalue weighted by molar-refractivity contribution is -0.168. The van der Waals surface area contributed by atoms with Gasteiger partial charge in [0, 0.05) is 12.8 Å². The summed E-state index contributed by atoms with van der Waals surface area (Å²) in [6.07, 6.45) is -2.36. The van der Waals surface area contributed by atoms with Crippen LogP contribution in [0.5, 0.6) is 0 Å². The fourth-order valence-electron chi connectivity index (χ4n) is 3.90. The topological polar surface area (TPSA) is 142 Å². The van der Waals surface area contributed by atoms with E-state index in [1.165, 1.54) is 6.92 Å². The highest BCUT2D eigenvalue weighted by Gasteiger charge is 2.49. The summed E-state index contributed by atoms with van der Waals surface area (Å²) >= 11 is 0. The first kappa shape index (κ1) is 34.9. The van der Waals surface area contributed by atoms with Crippen LogP contribution >= 0.6 is 0 Å². The standard InChI is InChI=1S/C26H48F2N4O5/c1-14(2)10-19(23(35)26(27,28)13-29)32(24(36)18(9)30-20(33)11-15(3)4)25(37)22(17(7)8)31-21(34)12-16(5)6/h14-19,22-23,35H,10-13,29H2,1-9H3,(H,30,33)(H,31,34). The van der Waals surface area contributed by atoms with Crippen molar-refractivity contribution in [2.24, 2.45) is 29.4 Å². The first-order valence-corrected chi connectivity index (χ1v) is 13.1. The summed E-state index contributed by atoms with van der Waals surface area (Å²) < 4.78 is 29.3. The van der Waals surface area contributed by atoms with Crippen LogP contribution in [-0.4, -0.2) is 70.3 Å². The molecular weight excluding hydrogens is 486 g/mol. The number of hydrogen-bond acceptors (Lipinski definition) is 6. The molecule has 0 spiro atoms.